The summed E-state index contributed by atoms with van der Waals surface area (Å²) in [6, 6.07) is 18.1. The van der Waals surface area contributed by atoms with E-state index in [4.69, 9.17) is 5.11 Å². The van der Waals surface area contributed by atoms with Gasteiger partial charge < -0.3 is 5.11 Å². The third kappa shape index (κ3) is 4.88. The van der Waals surface area contributed by atoms with E-state index < -0.39 is 28.4 Å². The Hall–Kier alpha value is -3.56. The van der Waals surface area contributed by atoms with E-state index in [2.05, 4.69) is 10.5 Å². The highest BCUT2D eigenvalue weighted by Gasteiger charge is 2.23. The SMILES string of the molecule is CN(CC(=O)N/N=C/c1ccc(C(=O)O)cc1)S(=O)(=O)c1ccc2ccccc2c1. The highest BCUT2D eigenvalue weighted by Crippen LogP contribution is 2.21. The first-order valence-electron chi connectivity index (χ1n) is 8.88. The van der Waals surface area contributed by atoms with Crippen LogP contribution in [0.3, 0.4) is 0 Å². The topological polar surface area (TPSA) is 116 Å². The monoisotopic (exact) mass is 425 g/mol. The molecule has 3 aromatic rings. The molecule has 2 N–H and O–H groups in total. The first-order chi connectivity index (χ1) is 14.3. The number of hydrazone groups is 1. The lowest BCUT2D eigenvalue weighted by molar-refractivity contribution is -0.121. The maximum Gasteiger partial charge on any atom is 0.335 e. The van der Waals surface area contributed by atoms with Crippen molar-refractivity contribution in [3.05, 3.63) is 77.9 Å². The number of carbonyl (C=O) groups is 2. The van der Waals surface area contributed by atoms with Crippen LogP contribution < -0.4 is 5.43 Å². The zero-order valence-electron chi connectivity index (χ0n) is 16.0. The van der Waals surface area contributed by atoms with Gasteiger partial charge in [0.2, 0.25) is 10.0 Å². The minimum absolute atomic E-state index is 0.0959. The van der Waals surface area contributed by atoms with Crippen molar-refractivity contribution in [1.29, 1.82) is 0 Å². The number of carbonyl (C=O) groups excluding carboxylic acids is 1. The normalized spacial score (nSPS) is 11.8. The van der Waals surface area contributed by atoms with Crippen LogP contribution in [0.4, 0.5) is 0 Å². The summed E-state index contributed by atoms with van der Waals surface area (Å²) in [6.45, 7) is -0.412. The van der Waals surface area contributed by atoms with Gasteiger partial charge in [-0.1, -0.05) is 42.5 Å². The average Bonchev–Trinajstić information content (AvgIpc) is 2.73. The maximum atomic E-state index is 12.8. The van der Waals surface area contributed by atoms with Crippen LogP contribution in [-0.2, 0) is 14.8 Å². The Bertz CT molecular complexity index is 1220. The highest BCUT2D eigenvalue weighted by molar-refractivity contribution is 7.89. The molecule has 0 fully saturated rings. The molecule has 0 aliphatic carbocycles. The number of nitrogens with zero attached hydrogens (tertiary/aromatic N) is 2. The van der Waals surface area contributed by atoms with Crippen LogP contribution in [0.15, 0.2) is 76.7 Å². The molecule has 0 atom stereocenters. The number of fused-ring (bicyclic) bond motifs is 1. The van der Waals surface area contributed by atoms with Gasteiger partial charge in [0.1, 0.15) is 0 Å². The zero-order valence-corrected chi connectivity index (χ0v) is 16.8. The lowest BCUT2D eigenvalue weighted by Gasteiger charge is -2.16. The lowest BCUT2D eigenvalue weighted by atomic mass is 10.1. The average molecular weight is 425 g/mol. The summed E-state index contributed by atoms with van der Waals surface area (Å²) < 4.78 is 26.5. The first-order valence-corrected chi connectivity index (χ1v) is 10.3. The maximum absolute atomic E-state index is 12.8. The van der Waals surface area contributed by atoms with Crippen molar-refractivity contribution in [2.24, 2.45) is 5.10 Å². The van der Waals surface area contributed by atoms with Gasteiger partial charge in [-0.05, 0) is 40.6 Å². The van der Waals surface area contributed by atoms with Gasteiger partial charge in [0.15, 0.2) is 0 Å². The largest absolute Gasteiger partial charge is 0.478 e. The molecule has 0 spiro atoms. The number of nitrogens with one attached hydrogen (secondary N) is 1. The molecule has 0 heterocycles. The van der Waals surface area contributed by atoms with E-state index in [1.54, 1.807) is 12.1 Å². The number of rotatable bonds is 7. The molecule has 3 aromatic carbocycles. The highest BCUT2D eigenvalue weighted by atomic mass is 32.2. The minimum Gasteiger partial charge on any atom is -0.478 e. The summed E-state index contributed by atoms with van der Waals surface area (Å²) in [4.78, 5) is 23.0. The Balaban J connectivity index is 1.62. The summed E-state index contributed by atoms with van der Waals surface area (Å²) in [5.74, 6) is -1.65. The molecule has 0 aromatic heterocycles. The smallest absolute Gasteiger partial charge is 0.335 e. The van der Waals surface area contributed by atoms with Crippen molar-refractivity contribution in [1.82, 2.24) is 9.73 Å². The predicted molar refractivity (Wildman–Crippen MR) is 113 cm³/mol. The fourth-order valence-electron chi connectivity index (χ4n) is 2.72. The van der Waals surface area contributed by atoms with Crippen molar-refractivity contribution >= 4 is 38.9 Å². The molecule has 0 unspecified atom stereocenters. The standard InChI is InChI=1S/C21H19N3O5S/c1-24(30(28,29)19-11-10-16-4-2-3-5-18(16)12-19)14-20(25)23-22-13-15-6-8-17(9-7-15)21(26)27/h2-13H,14H2,1H3,(H,23,25)(H,26,27)/b22-13+. The molecule has 0 bridgehead atoms. The Morgan fingerprint density at radius 1 is 1.03 bits per heavy atom. The van der Waals surface area contributed by atoms with Crippen LogP contribution in [-0.4, -0.2) is 49.5 Å². The van der Waals surface area contributed by atoms with E-state index in [1.807, 2.05) is 24.3 Å². The number of sulfonamides is 1. The second kappa shape index (κ2) is 8.85. The molecule has 1 amide bonds. The third-order valence-electron chi connectivity index (χ3n) is 4.36. The van der Waals surface area contributed by atoms with Crippen molar-refractivity contribution in [3.8, 4) is 0 Å². The van der Waals surface area contributed by atoms with E-state index in [0.717, 1.165) is 15.1 Å². The number of likely N-dealkylation sites (N-methyl/N-ethyl adjacent to an activating group) is 1. The number of carboxylic acid groups (broad SMARTS) is 1. The Morgan fingerprint density at radius 2 is 1.70 bits per heavy atom. The predicted octanol–water partition coefficient (Wildman–Crippen LogP) is 2.31. The van der Waals surface area contributed by atoms with Gasteiger partial charge in [0.05, 0.1) is 23.2 Å². The molecule has 154 valence electrons. The Labute approximate surface area is 173 Å². The molecule has 0 saturated heterocycles. The molecule has 0 aliphatic heterocycles. The fraction of sp³-hybridized carbons (Fsp3) is 0.0952. The zero-order chi connectivity index (χ0) is 21.7. The molecule has 30 heavy (non-hydrogen) atoms. The van der Waals surface area contributed by atoms with Gasteiger partial charge in [-0.25, -0.2) is 18.6 Å². The van der Waals surface area contributed by atoms with Crippen molar-refractivity contribution < 1.29 is 23.1 Å². The second-order valence-electron chi connectivity index (χ2n) is 6.49. The minimum atomic E-state index is -3.85. The molecule has 9 heteroatoms. The van der Waals surface area contributed by atoms with Crippen molar-refractivity contribution in [2.75, 3.05) is 13.6 Å². The number of carboxylic acids is 1. The number of amides is 1. The van der Waals surface area contributed by atoms with E-state index in [9.17, 15) is 18.0 Å². The summed E-state index contributed by atoms with van der Waals surface area (Å²) in [6.07, 6.45) is 1.33. The van der Waals surface area contributed by atoms with Crippen LogP contribution in [0.5, 0.6) is 0 Å². The Morgan fingerprint density at radius 3 is 2.37 bits per heavy atom. The fourth-order valence-corrected chi connectivity index (χ4v) is 3.88. The number of hydrogen-bond acceptors (Lipinski definition) is 5. The van der Waals surface area contributed by atoms with Gasteiger partial charge in [-0.3, -0.25) is 4.79 Å². The third-order valence-corrected chi connectivity index (χ3v) is 6.16. The molecular weight excluding hydrogens is 406 g/mol. The summed E-state index contributed by atoms with van der Waals surface area (Å²) in [7, 11) is -2.53. The van der Waals surface area contributed by atoms with E-state index in [-0.39, 0.29) is 10.5 Å². The molecule has 0 aliphatic rings. The van der Waals surface area contributed by atoms with Crippen LogP contribution in [0.2, 0.25) is 0 Å². The van der Waals surface area contributed by atoms with Gasteiger partial charge in [-0.2, -0.15) is 9.41 Å². The van der Waals surface area contributed by atoms with Crippen LogP contribution in [0.25, 0.3) is 10.8 Å². The summed E-state index contributed by atoms with van der Waals surface area (Å²) in [5.41, 5.74) is 2.98. The van der Waals surface area contributed by atoms with Crippen LogP contribution in [0, 0.1) is 0 Å². The van der Waals surface area contributed by atoms with E-state index >= 15 is 0 Å². The van der Waals surface area contributed by atoms with Crippen molar-refractivity contribution in [3.63, 3.8) is 0 Å². The number of hydrogen-bond donors (Lipinski definition) is 2. The summed E-state index contributed by atoms with van der Waals surface area (Å²) >= 11 is 0. The van der Waals surface area contributed by atoms with Crippen LogP contribution >= 0.6 is 0 Å². The quantitative estimate of drug-likeness (QED) is 0.445. The molecule has 8 nitrogen and oxygen atoms in total. The van der Waals surface area contributed by atoms with Crippen LogP contribution in [0.1, 0.15) is 15.9 Å². The molecule has 0 radical (unpaired) electrons. The molecule has 3 rings (SSSR count). The van der Waals surface area contributed by atoms with Gasteiger partial charge in [0.25, 0.3) is 5.91 Å². The number of aromatic carboxylic acids is 1. The van der Waals surface area contributed by atoms with Crippen molar-refractivity contribution in [2.45, 2.75) is 4.90 Å². The molecule has 0 saturated carbocycles. The van der Waals surface area contributed by atoms with E-state index in [0.29, 0.717) is 5.56 Å². The number of benzene rings is 3. The van der Waals surface area contributed by atoms with E-state index in [1.165, 1.54) is 43.6 Å². The van der Waals surface area contributed by atoms with Gasteiger partial charge in [-0.15, -0.1) is 0 Å². The Kier molecular flexibility index (Phi) is 6.24. The lowest BCUT2D eigenvalue weighted by Crippen LogP contribution is -2.36. The van der Waals surface area contributed by atoms with Gasteiger partial charge >= 0.3 is 5.97 Å². The molecular formula is C21H19N3O5S. The first kappa shape index (κ1) is 21.2. The summed E-state index contributed by atoms with van der Waals surface area (Å²) in [5, 5.41) is 14.3. The van der Waals surface area contributed by atoms with Gasteiger partial charge in [0, 0.05) is 7.05 Å². The second-order valence-corrected chi connectivity index (χ2v) is 8.54.